The van der Waals surface area contributed by atoms with E-state index in [4.69, 9.17) is 0 Å². The van der Waals surface area contributed by atoms with Crippen LogP contribution in [-0.4, -0.2) is 4.98 Å². The lowest BCUT2D eigenvalue weighted by atomic mass is 10.2. The second kappa shape index (κ2) is 5.10. The molecule has 3 rings (SSSR count). The average molecular weight is 271 g/mol. The van der Waals surface area contributed by atoms with Gasteiger partial charge in [-0.1, -0.05) is 43.0 Å². The fourth-order valence-electron chi connectivity index (χ4n) is 2.20. The van der Waals surface area contributed by atoms with Gasteiger partial charge in [0.2, 0.25) is 0 Å². The van der Waals surface area contributed by atoms with E-state index < -0.39 is 0 Å². The second-order valence-electron chi connectivity index (χ2n) is 4.38. The quantitative estimate of drug-likeness (QED) is 0.707. The molecule has 96 valence electrons. The van der Waals surface area contributed by atoms with Crippen LogP contribution in [0.4, 0.5) is 4.39 Å². The number of halogens is 1. The van der Waals surface area contributed by atoms with E-state index in [9.17, 15) is 4.39 Å². The normalized spacial score (nSPS) is 11.1. The minimum absolute atomic E-state index is 0.171. The van der Waals surface area contributed by atoms with Gasteiger partial charge >= 0.3 is 0 Å². The lowest BCUT2D eigenvalue weighted by Crippen LogP contribution is -1.84. The Kier molecular flexibility index (Phi) is 3.30. The van der Waals surface area contributed by atoms with E-state index in [1.165, 1.54) is 16.5 Å². The molecule has 2 aromatic carbocycles. The lowest BCUT2D eigenvalue weighted by Gasteiger charge is -2.06. The van der Waals surface area contributed by atoms with Gasteiger partial charge < -0.3 is 4.98 Å². The summed E-state index contributed by atoms with van der Waals surface area (Å²) in [7, 11) is 0. The fraction of sp³-hybridized carbons (Fsp3) is 0.125. The minimum atomic E-state index is -0.171. The highest BCUT2D eigenvalue weighted by Gasteiger charge is 2.11. The number of hydrogen-bond donors (Lipinski definition) is 1. The van der Waals surface area contributed by atoms with E-state index in [1.807, 2.05) is 24.4 Å². The molecule has 1 aromatic heterocycles. The monoisotopic (exact) mass is 271 g/mol. The van der Waals surface area contributed by atoms with Gasteiger partial charge in [0, 0.05) is 26.9 Å². The van der Waals surface area contributed by atoms with E-state index in [0.29, 0.717) is 5.39 Å². The van der Waals surface area contributed by atoms with Gasteiger partial charge in [-0.2, -0.15) is 0 Å². The number of aromatic nitrogens is 1. The van der Waals surface area contributed by atoms with Crippen molar-refractivity contribution in [3.63, 3.8) is 0 Å². The Morgan fingerprint density at radius 3 is 2.74 bits per heavy atom. The Morgan fingerprint density at radius 2 is 1.89 bits per heavy atom. The Hall–Kier alpha value is -1.74. The highest BCUT2D eigenvalue weighted by molar-refractivity contribution is 7.99. The SMILES string of the molecule is CCc1ccccc1Sc1c[nH]c2cccc(F)c12. The summed E-state index contributed by atoms with van der Waals surface area (Å²) < 4.78 is 13.9. The van der Waals surface area contributed by atoms with E-state index in [1.54, 1.807) is 17.8 Å². The molecule has 0 aliphatic rings. The number of fused-ring (bicyclic) bond motifs is 1. The van der Waals surface area contributed by atoms with Crippen LogP contribution in [0.15, 0.2) is 58.5 Å². The third kappa shape index (κ3) is 2.26. The van der Waals surface area contributed by atoms with Crippen molar-refractivity contribution in [2.24, 2.45) is 0 Å². The van der Waals surface area contributed by atoms with Gasteiger partial charge in [-0.15, -0.1) is 0 Å². The first-order valence-corrected chi connectivity index (χ1v) is 7.12. The summed E-state index contributed by atoms with van der Waals surface area (Å²) in [4.78, 5) is 5.25. The average Bonchev–Trinajstić information content (AvgIpc) is 2.84. The highest BCUT2D eigenvalue weighted by Crippen LogP contribution is 2.36. The van der Waals surface area contributed by atoms with Crippen LogP contribution in [0.2, 0.25) is 0 Å². The summed E-state index contributed by atoms with van der Waals surface area (Å²) in [5, 5.41) is 0.679. The predicted molar refractivity (Wildman–Crippen MR) is 78.2 cm³/mol. The van der Waals surface area contributed by atoms with Gasteiger partial charge in [0.05, 0.1) is 0 Å². The van der Waals surface area contributed by atoms with Crippen LogP contribution in [0.5, 0.6) is 0 Å². The molecule has 0 saturated heterocycles. The van der Waals surface area contributed by atoms with Crippen molar-refractivity contribution in [1.29, 1.82) is 0 Å². The first kappa shape index (κ1) is 12.3. The molecule has 0 bridgehead atoms. The van der Waals surface area contributed by atoms with Crippen LogP contribution in [0.25, 0.3) is 10.9 Å². The molecule has 1 heterocycles. The van der Waals surface area contributed by atoms with E-state index in [0.717, 1.165) is 16.8 Å². The number of hydrogen-bond acceptors (Lipinski definition) is 1. The standard InChI is InChI=1S/C16H14FNS/c1-2-11-6-3-4-9-14(11)19-15-10-18-13-8-5-7-12(17)16(13)15/h3-10,18H,2H2,1H3. The number of rotatable bonds is 3. The number of aryl methyl sites for hydroxylation is 1. The first-order valence-electron chi connectivity index (χ1n) is 6.31. The van der Waals surface area contributed by atoms with Gasteiger partial charge in [-0.05, 0) is 30.2 Å². The molecule has 3 aromatic rings. The van der Waals surface area contributed by atoms with Gasteiger partial charge in [0.1, 0.15) is 5.82 Å². The third-order valence-electron chi connectivity index (χ3n) is 3.19. The van der Waals surface area contributed by atoms with Gasteiger partial charge in [-0.3, -0.25) is 0 Å². The van der Waals surface area contributed by atoms with E-state index in [2.05, 4.69) is 24.0 Å². The summed E-state index contributed by atoms with van der Waals surface area (Å²) in [5.74, 6) is -0.171. The van der Waals surface area contributed by atoms with Crippen LogP contribution < -0.4 is 0 Å². The first-order chi connectivity index (χ1) is 9.29. The van der Waals surface area contributed by atoms with Gasteiger partial charge in [0.15, 0.2) is 0 Å². The molecule has 0 fully saturated rings. The Labute approximate surface area is 115 Å². The predicted octanol–water partition coefficient (Wildman–Crippen LogP) is 5.02. The van der Waals surface area contributed by atoms with Crippen molar-refractivity contribution >= 4 is 22.7 Å². The molecule has 3 heteroatoms. The third-order valence-corrected chi connectivity index (χ3v) is 4.35. The number of aromatic amines is 1. The summed E-state index contributed by atoms with van der Waals surface area (Å²) in [5.41, 5.74) is 2.13. The van der Waals surface area contributed by atoms with Crippen molar-refractivity contribution in [2.75, 3.05) is 0 Å². The molecular formula is C16H14FNS. The molecule has 1 nitrogen and oxygen atoms in total. The minimum Gasteiger partial charge on any atom is -0.360 e. The maximum atomic E-state index is 13.9. The van der Waals surface area contributed by atoms with Crippen molar-refractivity contribution < 1.29 is 4.39 Å². The molecule has 0 aliphatic carbocycles. The van der Waals surface area contributed by atoms with Crippen LogP contribution >= 0.6 is 11.8 Å². The van der Waals surface area contributed by atoms with Crippen LogP contribution in [0.1, 0.15) is 12.5 Å². The fourth-order valence-corrected chi connectivity index (χ4v) is 3.36. The van der Waals surface area contributed by atoms with Crippen molar-refractivity contribution in [2.45, 2.75) is 23.1 Å². The molecule has 0 amide bonds. The molecule has 0 radical (unpaired) electrons. The zero-order valence-corrected chi connectivity index (χ0v) is 11.4. The topological polar surface area (TPSA) is 15.8 Å². The number of H-pyrrole nitrogens is 1. The second-order valence-corrected chi connectivity index (χ2v) is 5.46. The largest absolute Gasteiger partial charge is 0.360 e. The Morgan fingerprint density at radius 1 is 1.05 bits per heavy atom. The maximum absolute atomic E-state index is 13.9. The molecule has 1 N–H and O–H groups in total. The Balaban J connectivity index is 2.06. The van der Waals surface area contributed by atoms with Crippen LogP contribution in [0, 0.1) is 5.82 Å². The van der Waals surface area contributed by atoms with Crippen LogP contribution in [0.3, 0.4) is 0 Å². The highest BCUT2D eigenvalue weighted by atomic mass is 32.2. The number of benzene rings is 2. The lowest BCUT2D eigenvalue weighted by molar-refractivity contribution is 0.638. The molecule has 0 atom stereocenters. The molecule has 19 heavy (non-hydrogen) atoms. The van der Waals surface area contributed by atoms with E-state index in [-0.39, 0.29) is 5.82 Å². The molecule has 0 aliphatic heterocycles. The summed E-state index contributed by atoms with van der Waals surface area (Å²) >= 11 is 1.62. The van der Waals surface area contributed by atoms with E-state index >= 15 is 0 Å². The van der Waals surface area contributed by atoms with Crippen molar-refractivity contribution in [3.05, 3.63) is 60.0 Å². The maximum Gasteiger partial charge on any atom is 0.133 e. The zero-order chi connectivity index (χ0) is 13.2. The van der Waals surface area contributed by atoms with Crippen molar-refractivity contribution in [3.8, 4) is 0 Å². The zero-order valence-electron chi connectivity index (χ0n) is 10.6. The smallest absolute Gasteiger partial charge is 0.133 e. The number of nitrogens with one attached hydrogen (secondary N) is 1. The molecular weight excluding hydrogens is 257 g/mol. The Bertz CT molecular complexity index is 718. The summed E-state index contributed by atoms with van der Waals surface area (Å²) in [6.45, 7) is 2.13. The molecule has 0 unspecified atom stereocenters. The molecule has 0 spiro atoms. The van der Waals surface area contributed by atoms with Gasteiger partial charge in [-0.25, -0.2) is 4.39 Å². The summed E-state index contributed by atoms with van der Waals surface area (Å²) in [6.07, 6.45) is 2.86. The summed E-state index contributed by atoms with van der Waals surface area (Å²) in [6, 6.07) is 13.4. The van der Waals surface area contributed by atoms with Crippen molar-refractivity contribution in [1.82, 2.24) is 4.98 Å². The van der Waals surface area contributed by atoms with Crippen LogP contribution in [-0.2, 0) is 6.42 Å². The molecule has 0 saturated carbocycles. The van der Waals surface area contributed by atoms with Gasteiger partial charge in [0.25, 0.3) is 0 Å².